The molecule has 1 aromatic carbocycles. The molecule has 1 unspecified atom stereocenters. The Balaban J connectivity index is 1.60. The Hall–Kier alpha value is -3.93. The van der Waals surface area contributed by atoms with Crippen LogP contribution in [0.25, 0.3) is 0 Å². The minimum Gasteiger partial charge on any atom is -0.481 e. The number of carbonyl (C=O) groups is 6. The van der Waals surface area contributed by atoms with E-state index in [4.69, 9.17) is 12.2 Å². The molecule has 4 N–H and O–H groups in total. The molecule has 1 atom stereocenters. The summed E-state index contributed by atoms with van der Waals surface area (Å²) in [5.74, 6) is -3.47. The number of aliphatic carboxylic acids is 1. The van der Waals surface area contributed by atoms with E-state index >= 15 is 0 Å². The van der Waals surface area contributed by atoms with Gasteiger partial charge in [0.1, 0.15) is 0 Å². The van der Waals surface area contributed by atoms with Crippen LogP contribution in [-0.4, -0.2) is 70.0 Å². The van der Waals surface area contributed by atoms with E-state index in [1.807, 2.05) is 24.3 Å². The van der Waals surface area contributed by atoms with Gasteiger partial charge in [-0.25, -0.2) is 0 Å². The number of thiocarbonyl (C=S) groups is 1. The lowest BCUT2D eigenvalue weighted by Crippen LogP contribution is -2.34. The van der Waals surface area contributed by atoms with Crippen LogP contribution >= 0.6 is 12.2 Å². The highest BCUT2D eigenvalue weighted by Gasteiger charge is 2.24. The Labute approximate surface area is 245 Å². The second-order valence-corrected chi connectivity index (χ2v) is 10.8. The van der Waals surface area contributed by atoms with Gasteiger partial charge >= 0.3 is 5.97 Å². The molecular weight excluding hydrogens is 548 g/mol. The Morgan fingerprint density at radius 3 is 2.15 bits per heavy atom. The molecule has 2 rings (SSSR count). The number of ketones is 2. The molecule has 41 heavy (non-hydrogen) atoms. The number of imide groups is 1. The van der Waals surface area contributed by atoms with Gasteiger partial charge in [0.05, 0.1) is 19.0 Å². The van der Waals surface area contributed by atoms with Gasteiger partial charge in [-0.2, -0.15) is 0 Å². The predicted octanol–water partition coefficient (Wildman–Crippen LogP) is 2.39. The molecule has 0 saturated heterocycles. The maximum Gasteiger partial charge on any atom is 0.306 e. The number of carbonyl (C=O) groups excluding carboxylic acids is 5. The molecule has 11 nitrogen and oxygen atoms in total. The summed E-state index contributed by atoms with van der Waals surface area (Å²) in [6.45, 7) is 4.10. The molecule has 1 heterocycles. The van der Waals surface area contributed by atoms with Gasteiger partial charge in [0, 0.05) is 43.6 Å². The minimum absolute atomic E-state index is 0.0468. The fourth-order valence-electron chi connectivity index (χ4n) is 4.15. The fraction of sp³-hybridized carbons (Fsp3) is 0.483. The quantitative estimate of drug-likeness (QED) is 0.114. The first-order valence-electron chi connectivity index (χ1n) is 13.6. The number of benzene rings is 1. The lowest BCUT2D eigenvalue weighted by Gasteiger charge is -2.15. The van der Waals surface area contributed by atoms with Crippen molar-refractivity contribution in [3.05, 3.63) is 42.0 Å². The summed E-state index contributed by atoms with van der Waals surface area (Å²) < 4.78 is 0. The molecule has 0 saturated carbocycles. The number of rotatable bonds is 18. The number of nitrogens with zero attached hydrogens (tertiary/aromatic N) is 1. The van der Waals surface area contributed by atoms with Gasteiger partial charge in [0.15, 0.2) is 16.7 Å². The highest BCUT2D eigenvalue weighted by Crippen LogP contribution is 2.16. The average Bonchev–Trinajstić information content (AvgIpc) is 3.24. The van der Waals surface area contributed by atoms with Crippen LogP contribution < -0.4 is 16.0 Å². The van der Waals surface area contributed by atoms with Crippen molar-refractivity contribution < 1.29 is 33.9 Å². The molecule has 0 bridgehead atoms. The monoisotopic (exact) mass is 586 g/mol. The molecule has 1 aliphatic rings. The fourth-order valence-corrected chi connectivity index (χ4v) is 4.34. The van der Waals surface area contributed by atoms with Gasteiger partial charge in [-0.1, -0.05) is 32.4 Å². The lowest BCUT2D eigenvalue weighted by molar-refractivity contribution is -0.144. The normalized spacial score (nSPS) is 13.3. The van der Waals surface area contributed by atoms with Crippen molar-refractivity contribution in [3.8, 4) is 0 Å². The van der Waals surface area contributed by atoms with Crippen LogP contribution in [0.15, 0.2) is 36.4 Å². The average molecular weight is 587 g/mol. The summed E-state index contributed by atoms with van der Waals surface area (Å²) in [5.41, 5.74) is 2.02. The number of hydrogen-bond donors (Lipinski definition) is 4. The molecule has 0 aliphatic carbocycles. The number of anilines is 1. The van der Waals surface area contributed by atoms with E-state index in [9.17, 15) is 33.9 Å². The molecule has 12 heteroatoms. The van der Waals surface area contributed by atoms with E-state index in [2.05, 4.69) is 29.8 Å². The zero-order valence-electron chi connectivity index (χ0n) is 23.4. The molecule has 1 aliphatic heterocycles. The number of carboxylic acids is 1. The van der Waals surface area contributed by atoms with Crippen LogP contribution in [0.5, 0.6) is 0 Å². The molecule has 0 fully saturated rings. The summed E-state index contributed by atoms with van der Waals surface area (Å²) in [7, 11) is 0. The maximum absolute atomic E-state index is 12.2. The smallest absolute Gasteiger partial charge is 0.306 e. The summed E-state index contributed by atoms with van der Waals surface area (Å²) in [6, 6.07) is 7.86. The zero-order chi connectivity index (χ0) is 30.4. The first kappa shape index (κ1) is 33.3. The lowest BCUT2D eigenvalue weighted by atomic mass is 9.96. The Morgan fingerprint density at radius 1 is 0.902 bits per heavy atom. The van der Waals surface area contributed by atoms with E-state index < -0.39 is 35.4 Å². The number of Topliss-reactive ketones (excluding diaryl/α,β-unsaturated/α-hetero) is 2. The molecule has 0 radical (unpaired) electrons. The molecule has 3 amide bonds. The Morgan fingerprint density at radius 2 is 1.54 bits per heavy atom. The van der Waals surface area contributed by atoms with Crippen LogP contribution in [0.3, 0.4) is 0 Å². The van der Waals surface area contributed by atoms with Crippen LogP contribution in [0.2, 0.25) is 0 Å². The molecule has 0 aromatic heterocycles. The number of amides is 3. The third kappa shape index (κ3) is 12.9. The zero-order valence-corrected chi connectivity index (χ0v) is 24.3. The van der Waals surface area contributed by atoms with Gasteiger partial charge in [-0.3, -0.25) is 33.7 Å². The van der Waals surface area contributed by atoms with Crippen molar-refractivity contribution >= 4 is 58.3 Å². The molecule has 222 valence electrons. The van der Waals surface area contributed by atoms with Crippen LogP contribution in [-0.2, 0) is 35.2 Å². The van der Waals surface area contributed by atoms with Crippen molar-refractivity contribution in [2.24, 2.45) is 11.8 Å². The third-order valence-corrected chi connectivity index (χ3v) is 6.57. The first-order valence-corrected chi connectivity index (χ1v) is 14.1. The topological polar surface area (TPSA) is 162 Å². The van der Waals surface area contributed by atoms with Gasteiger partial charge in [0.25, 0.3) is 11.8 Å². The highest BCUT2D eigenvalue weighted by molar-refractivity contribution is 7.80. The second-order valence-electron chi connectivity index (χ2n) is 10.4. The van der Waals surface area contributed by atoms with Gasteiger partial charge in [0.2, 0.25) is 5.91 Å². The van der Waals surface area contributed by atoms with Crippen LogP contribution in [0.1, 0.15) is 57.9 Å². The Kier molecular flexibility index (Phi) is 13.8. The van der Waals surface area contributed by atoms with Gasteiger partial charge in [-0.05, 0) is 55.1 Å². The third-order valence-electron chi connectivity index (χ3n) is 6.32. The molecule has 1 aromatic rings. The maximum atomic E-state index is 12.2. The summed E-state index contributed by atoms with van der Waals surface area (Å²) >= 11 is 5.22. The largest absolute Gasteiger partial charge is 0.481 e. The number of unbranched alkanes of at least 4 members (excludes halogenated alkanes) is 1. The van der Waals surface area contributed by atoms with Gasteiger partial charge in [-0.15, -0.1) is 0 Å². The van der Waals surface area contributed by atoms with E-state index in [1.165, 1.54) is 17.7 Å². The Bertz CT molecular complexity index is 1150. The number of hydrogen-bond acceptors (Lipinski definition) is 7. The standard InChI is InChI=1S/C29H38N4O7S/c1-19(2)15-20-6-8-22(9-7-20)32-29(41)31-17-23(34)10-11-25(36)30-18-24(35)16-21(28(39)40)5-3-4-14-33-26(37)12-13-27(33)38/h6-9,12-13,19,21H,3-5,10-11,14-18H2,1-2H3,(H,30,36)(H,39,40)(H2,31,32,41). The van der Waals surface area contributed by atoms with Crippen molar-refractivity contribution in [3.63, 3.8) is 0 Å². The second kappa shape index (κ2) is 17.0. The van der Waals surface area contributed by atoms with Crippen molar-refractivity contribution in [1.29, 1.82) is 0 Å². The highest BCUT2D eigenvalue weighted by atomic mass is 32.1. The van der Waals surface area contributed by atoms with Crippen molar-refractivity contribution in [2.75, 3.05) is 25.0 Å². The van der Waals surface area contributed by atoms with Crippen molar-refractivity contribution in [1.82, 2.24) is 15.5 Å². The van der Waals surface area contributed by atoms with E-state index in [-0.39, 0.29) is 56.2 Å². The number of nitrogens with one attached hydrogen (secondary N) is 3. The number of carboxylic acid groups (broad SMARTS) is 1. The van der Waals surface area contributed by atoms with Crippen molar-refractivity contribution in [2.45, 2.75) is 58.8 Å². The molecule has 0 spiro atoms. The van der Waals surface area contributed by atoms with E-state index in [0.717, 1.165) is 17.0 Å². The minimum atomic E-state index is -1.13. The van der Waals surface area contributed by atoms with E-state index in [1.54, 1.807) is 0 Å². The van der Waals surface area contributed by atoms with Crippen LogP contribution in [0.4, 0.5) is 5.69 Å². The molecular formula is C29H38N4O7S. The summed E-state index contributed by atoms with van der Waals surface area (Å²) in [4.78, 5) is 72.2. The first-order chi connectivity index (χ1) is 19.4. The summed E-state index contributed by atoms with van der Waals surface area (Å²) in [5, 5.41) is 18.0. The SMILES string of the molecule is CC(C)Cc1ccc(NC(=S)NCC(=O)CCC(=O)NCC(=O)CC(CCCCN2C(=O)C=CC2=O)C(=O)O)cc1. The van der Waals surface area contributed by atoms with Gasteiger partial charge < -0.3 is 21.1 Å². The predicted molar refractivity (Wildman–Crippen MR) is 157 cm³/mol. The van der Waals surface area contributed by atoms with Crippen LogP contribution in [0, 0.1) is 11.8 Å². The van der Waals surface area contributed by atoms with E-state index in [0.29, 0.717) is 18.8 Å². The summed E-state index contributed by atoms with van der Waals surface area (Å²) in [6.07, 6.45) is 3.96.